The molecule has 0 radical (unpaired) electrons. The Morgan fingerprint density at radius 1 is 0.875 bits per heavy atom. The molecular weight excluding hydrogens is 600 g/mol. The molecule has 1 saturated heterocycles. The van der Waals surface area contributed by atoms with E-state index in [1.54, 1.807) is 6.33 Å². The molecule has 0 saturated carbocycles. The molecule has 4 aromatic heterocycles. The number of nitrogens with zero attached hydrogens (tertiary/aromatic N) is 6. The number of aliphatic hydroxyl groups excluding tert-OH is 2. The molecule has 10 heteroatoms. The van der Waals surface area contributed by atoms with Crippen LogP contribution in [0.25, 0.3) is 33.1 Å². The monoisotopic (exact) mass is 640 g/mol. The van der Waals surface area contributed by atoms with Gasteiger partial charge in [0, 0.05) is 68.8 Å². The molecule has 0 spiro atoms. The third-order valence-electron chi connectivity index (χ3n) is 9.22. The molecule has 1 aliphatic rings. The summed E-state index contributed by atoms with van der Waals surface area (Å²) < 4.78 is 0. The first-order valence-corrected chi connectivity index (χ1v) is 16.5. The number of fused-ring (bicyclic) bond motifs is 2. The standard InChI is InChI=1S/C38H40N8O2/c1-24-28(17-35-37-34(43-23-44-35)16-26(19-42-37)18-39-12-14-47)5-3-6-31(24)32-7-4-8-33(25(32)2)45-38-36-29(9-11-40-38)15-27(20-41-36)21-46-13-10-30(48)22-46/h3-9,11,15-16,19-20,23,30,39,47-48H,10,12-14,17-18,21-22H2,1-2H3,(H,40,45)/t30-/m1/s1. The molecule has 48 heavy (non-hydrogen) atoms. The molecule has 244 valence electrons. The number of benzene rings is 2. The fourth-order valence-electron chi connectivity index (χ4n) is 6.61. The Bertz CT molecular complexity index is 2080. The maximum atomic E-state index is 9.91. The van der Waals surface area contributed by atoms with Gasteiger partial charge in [-0.1, -0.05) is 30.3 Å². The van der Waals surface area contributed by atoms with E-state index < -0.39 is 0 Å². The summed E-state index contributed by atoms with van der Waals surface area (Å²) in [5.41, 5.74) is 12.2. The fourth-order valence-corrected chi connectivity index (χ4v) is 6.61. The van der Waals surface area contributed by atoms with E-state index in [0.29, 0.717) is 26.1 Å². The summed E-state index contributed by atoms with van der Waals surface area (Å²) in [5.74, 6) is 0.719. The molecule has 0 amide bonds. The van der Waals surface area contributed by atoms with Crippen molar-refractivity contribution in [1.82, 2.24) is 35.1 Å². The topological polar surface area (TPSA) is 132 Å². The molecule has 1 fully saturated rings. The van der Waals surface area contributed by atoms with Crippen molar-refractivity contribution in [3.05, 3.63) is 113 Å². The Morgan fingerprint density at radius 3 is 2.52 bits per heavy atom. The molecule has 0 bridgehead atoms. The lowest BCUT2D eigenvalue weighted by molar-refractivity contribution is 0.175. The molecule has 5 heterocycles. The van der Waals surface area contributed by atoms with Crippen LogP contribution in [0.1, 0.15) is 39.9 Å². The predicted octanol–water partition coefficient (Wildman–Crippen LogP) is 5.23. The van der Waals surface area contributed by atoms with E-state index in [1.165, 1.54) is 11.1 Å². The normalized spacial score (nSPS) is 15.0. The Morgan fingerprint density at radius 2 is 1.69 bits per heavy atom. The van der Waals surface area contributed by atoms with Gasteiger partial charge in [-0.3, -0.25) is 14.9 Å². The third-order valence-corrected chi connectivity index (χ3v) is 9.22. The number of aliphatic hydroxyl groups is 2. The van der Waals surface area contributed by atoms with Crippen molar-refractivity contribution in [2.45, 2.75) is 45.9 Å². The number of likely N-dealkylation sites (tertiary alicyclic amines) is 1. The number of nitrogens with one attached hydrogen (secondary N) is 2. The minimum absolute atomic E-state index is 0.0960. The summed E-state index contributed by atoms with van der Waals surface area (Å²) in [7, 11) is 0. The highest BCUT2D eigenvalue weighted by Crippen LogP contribution is 2.35. The summed E-state index contributed by atoms with van der Waals surface area (Å²) >= 11 is 0. The Labute approximate surface area is 280 Å². The van der Waals surface area contributed by atoms with E-state index in [0.717, 1.165) is 86.5 Å². The molecule has 4 N–H and O–H groups in total. The number of rotatable bonds is 11. The van der Waals surface area contributed by atoms with Gasteiger partial charge in [0.15, 0.2) is 5.82 Å². The quantitative estimate of drug-likeness (QED) is 0.140. The summed E-state index contributed by atoms with van der Waals surface area (Å²) in [6.45, 7) is 7.95. The van der Waals surface area contributed by atoms with Crippen LogP contribution in [0.4, 0.5) is 11.5 Å². The lowest BCUT2D eigenvalue weighted by atomic mass is 9.91. The van der Waals surface area contributed by atoms with Gasteiger partial charge in [-0.2, -0.15) is 0 Å². The zero-order chi connectivity index (χ0) is 33.0. The van der Waals surface area contributed by atoms with Gasteiger partial charge < -0.3 is 20.8 Å². The van der Waals surface area contributed by atoms with Crippen molar-refractivity contribution in [1.29, 1.82) is 0 Å². The van der Waals surface area contributed by atoms with E-state index in [1.807, 2.05) is 30.7 Å². The van der Waals surface area contributed by atoms with Crippen LogP contribution in [0.2, 0.25) is 0 Å². The zero-order valence-corrected chi connectivity index (χ0v) is 27.3. The lowest BCUT2D eigenvalue weighted by Gasteiger charge is -2.18. The smallest absolute Gasteiger partial charge is 0.156 e. The molecule has 0 aliphatic carbocycles. The van der Waals surface area contributed by atoms with Crippen LogP contribution < -0.4 is 10.6 Å². The maximum absolute atomic E-state index is 9.91. The number of hydrogen-bond donors (Lipinski definition) is 4. The fraction of sp³-hybridized carbons (Fsp3) is 0.289. The van der Waals surface area contributed by atoms with Crippen molar-refractivity contribution in [3.63, 3.8) is 0 Å². The molecular formula is C38H40N8O2. The van der Waals surface area contributed by atoms with Crippen LogP contribution in [-0.2, 0) is 19.5 Å². The van der Waals surface area contributed by atoms with Gasteiger partial charge in [0.05, 0.1) is 23.9 Å². The third kappa shape index (κ3) is 6.74. The Hall–Kier alpha value is -4.87. The molecule has 0 unspecified atom stereocenters. The number of anilines is 2. The number of hydrogen-bond acceptors (Lipinski definition) is 10. The maximum Gasteiger partial charge on any atom is 0.156 e. The van der Waals surface area contributed by atoms with Gasteiger partial charge in [0.1, 0.15) is 17.4 Å². The van der Waals surface area contributed by atoms with Crippen LogP contribution >= 0.6 is 0 Å². The van der Waals surface area contributed by atoms with Gasteiger partial charge in [-0.05, 0) is 83.5 Å². The van der Waals surface area contributed by atoms with Crippen molar-refractivity contribution >= 4 is 33.4 Å². The second kappa shape index (κ2) is 14.1. The average Bonchev–Trinajstić information content (AvgIpc) is 3.51. The molecule has 10 nitrogen and oxygen atoms in total. The summed E-state index contributed by atoms with van der Waals surface area (Å²) in [6.07, 6.45) is 8.43. The van der Waals surface area contributed by atoms with E-state index in [4.69, 9.17) is 15.1 Å². The van der Waals surface area contributed by atoms with Crippen LogP contribution in [-0.4, -0.2) is 72.4 Å². The van der Waals surface area contributed by atoms with Gasteiger partial charge >= 0.3 is 0 Å². The van der Waals surface area contributed by atoms with E-state index in [-0.39, 0.29) is 12.7 Å². The van der Waals surface area contributed by atoms with Gasteiger partial charge in [0.2, 0.25) is 0 Å². The van der Waals surface area contributed by atoms with E-state index >= 15 is 0 Å². The average molecular weight is 641 g/mol. The first-order chi connectivity index (χ1) is 23.5. The number of β-amino-alcohol motifs (C(OH)–C–C–N with tert-alkyl or cyclic N) is 1. The SMILES string of the molecule is Cc1c(Cc2ncnc3cc(CNCCO)cnc23)cccc1-c1cccc(Nc2nccc3cc(CN4CC[C@@H](O)C4)cnc23)c1C. The van der Waals surface area contributed by atoms with Crippen LogP contribution in [0.5, 0.6) is 0 Å². The Balaban J connectivity index is 1.13. The van der Waals surface area contributed by atoms with E-state index in [2.05, 4.69) is 86.8 Å². The molecule has 7 rings (SSSR count). The largest absolute Gasteiger partial charge is 0.395 e. The summed E-state index contributed by atoms with van der Waals surface area (Å²) in [4.78, 5) is 25.6. The van der Waals surface area contributed by atoms with Crippen molar-refractivity contribution < 1.29 is 10.2 Å². The minimum atomic E-state index is -0.236. The first kappa shape index (κ1) is 31.7. The highest BCUT2D eigenvalue weighted by atomic mass is 16.3. The zero-order valence-electron chi connectivity index (χ0n) is 27.3. The first-order valence-electron chi connectivity index (χ1n) is 16.5. The molecule has 2 aromatic carbocycles. The van der Waals surface area contributed by atoms with Gasteiger partial charge in [0.25, 0.3) is 0 Å². The molecule has 6 aromatic rings. The second-order valence-electron chi connectivity index (χ2n) is 12.6. The van der Waals surface area contributed by atoms with Gasteiger partial charge in [-0.15, -0.1) is 0 Å². The van der Waals surface area contributed by atoms with Gasteiger partial charge in [-0.25, -0.2) is 15.0 Å². The highest BCUT2D eigenvalue weighted by Gasteiger charge is 2.20. The summed E-state index contributed by atoms with van der Waals surface area (Å²) in [5, 5.41) is 26.8. The van der Waals surface area contributed by atoms with Crippen LogP contribution in [0.3, 0.4) is 0 Å². The molecule has 1 aliphatic heterocycles. The van der Waals surface area contributed by atoms with Crippen molar-refractivity contribution in [2.24, 2.45) is 0 Å². The minimum Gasteiger partial charge on any atom is -0.395 e. The van der Waals surface area contributed by atoms with Crippen LogP contribution in [0, 0.1) is 13.8 Å². The van der Waals surface area contributed by atoms with Crippen molar-refractivity contribution in [3.8, 4) is 11.1 Å². The van der Waals surface area contributed by atoms with Crippen molar-refractivity contribution in [2.75, 3.05) is 31.6 Å². The van der Waals surface area contributed by atoms with Crippen LogP contribution in [0.15, 0.2) is 79.5 Å². The lowest BCUT2D eigenvalue weighted by Crippen LogP contribution is -2.21. The Kier molecular flexibility index (Phi) is 9.31. The molecule has 1 atom stereocenters. The number of pyridine rings is 3. The number of aromatic nitrogens is 5. The highest BCUT2D eigenvalue weighted by molar-refractivity contribution is 5.91. The summed E-state index contributed by atoms with van der Waals surface area (Å²) in [6, 6.07) is 19.0. The second-order valence-corrected chi connectivity index (χ2v) is 12.6. The predicted molar refractivity (Wildman–Crippen MR) is 189 cm³/mol. The van der Waals surface area contributed by atoms with E-state index in [9.17, 15) is 5.11 Å².